The first-order valence-corrected chi connectivity index (χ1v) is 7.14. The van der Waals surface area contributed by atoms with Gasteiger partial charge in [0, 0.05) is 31.1 Å². The van der Waals surface area contributed by atoms with Gasteiger partial charge in [-0.3, -0.25) is 0 Å². The Labute approximate surface area is 103 Å². The number of rotatable bonds is 8. The highest BCUT2D eigenvalue weighted by Crippen LogP contribution is 2.29. The van der Waals surface area contributed by atoms with Crippen molar-refractivity contribution in [2.24, 2.45) is 5.92 Å². The van der Waals surface area contributed by atoms with Gasteiger partial charge >= 0.3 is 0 Å². The van der Waals surface area contributed by atoms with E-state index in [4.69, 9.17) is 0 Å². The molecule has 1 N–H and O–H groups in total. The van der Waals surface area contributed by atoms with E-state index in [1.807, 2.05) is 11.3 Å². The lowest BCUT2D eigenvalue weighted by molar-refractivity contribution is 0.319. The molecule has 0 aromatic carbocycles. The second kappa shape index (κ2) is 6.38. The van der Waals surface area contributed by atoms with E-state index >= 15 is 0 Å². The Bertz CT molecular complexity index is 280. The molecule has 90 valence electrons. The van der Waals surface area contributed by atoms with Crippen LogP contribution in [0.4, 0.5) is 0 Å². The smallest absolute Gasteiger partial charge is 0.0104 e. The Morgan fingerprint density at radius 1 is 1.44 bits per heavy atom. The van der Waals surface area contributed by atoms with Crippen LogP contribution in [0.1, 0.15) is 17.7 Å². The van der Waals surface area contributed by atoms with Crippen molar-refractivity contribution < 1.29 is 0 Å². The standard InChI is InChI=1S/C13H22N2S/c1-15(11-12-4-5-12)9-8-14-7-6-13-3-2-10-16-13/h2-3,10,12,14H,4-9,11H2,1H3. The van der Waals surface area contributed by atoms with Gasteiger partial charge in [0.25, 0.3) is 0 Å². The predicted octanol–water partition coefficient (Wildman–Crippen LogP) is 2.22. The van der Waals surface area contributed by atoms with Gasteiger partial charge < -0.3 is 10.2 Å². The van der Waals surface area contributed by atoms with Crippen LogP contribution in [-0.2, 0) is 6.42 Å². The SMILES string of the molecule is CN(CCNCCc1cccs1)CC1CC1. The molecule has 1 fully saturated rings. The van der Waals surface area contributed by atoms with Crippen LogP contribution < -0.4 is 5.32 Å². The minimum Gasteiger partial charge on any atom is -0.315 e. The maximum Gasteiger partial charge on any atom is 0.0104 e. The minimum absolute atomic E-state index is 1.01. The second-order valence-corrected chi connectivity index (χ2v) is 5.82. The molecule has 16 heavy (non-hydrogen) atoms. The third-order valence-corrected chi connectivity index (χ3v) is 4.00. The monoisotopic (exact) mass is 238 g/mol. The van der Waals surface area contributed by atoms with E-state index in [9.17, 15) is 0 Å². The summed E-state index contributed by atoms with van der Waals surface area (Å²) >= 11 is 1.85. The first-order chi connectivity index (χ1) is 7.84. The molecule has 1 heterocycles. The molecule has 2 rings (SSSR count). The lowest BCUT2D eigenvalue weighted by Crippen LogP contribution is -2.31. The summed E-state index contributed by atoms with van der Waals surface area (Å²) in [5.74, 6) is 1.01. The van der Waals surface area contributed by atoms with Gasteiger partial charge in [-0.15, -0.1) is 11.3 Å². The van der Waals surface area contributed by atoms with E-state index in [1.165, 1.54) is 37.2 Å². The fraction of sp³-hybridized carbons (Fsp3) is 0.692. The molecule has 0 unspecified atom stereocenters. The molecule has 1 aromatic rings. The highest BCUT2D eigenvalue weighted by molar-refractivity contribution is 7.09. The van der Waals surface area contributed by atoms with Crippen LogP contribution in [0.2, 0.25) is 0 Å². The van der Waals surface area contributed by atoms with Crippen LogP contribution in [0.3, 0.4) is 0 Å². The summed E-state index contributed by atoms with van der Waals surface area (Å²) in [5, 5.41) is 5.66. The summed E-state index contributed by atoms with van der Waals surface area (Å²) in [5.41, 5.74) is 0. The van der Waals surface area contributed by atoms with Crippen molar-refractivity contribution in [2.75, 3.05) is 33.2 Å². The van der Waals surface area contributed by atoms with Gasteiger partial charge in [0.15, 0.2) is 0 Å². The quantitative estimate of drug-likeness (QED) is 0.699. The number of hydrogen-bond donors (Lipinski definition) is 1. The lowest BCUT2D eigenvalue weighted by atomic mass is 10.3. The molecule has 1 aliphatic rings. The summed E-state index contributed by atoms with van der Waals surface area (Å²) in [6, 6.07) is 4.34. The molecule has 0 bridgehead atoms. The molecular weight excluding hydrogens is 216 g/mol. The van der Waals surface area contributed by atoms with Gasteiger partial charge in [-0.2, -0.15) is 0 Å². The Kier molecular flexibility index (Phi) is 4.82. The fourth-order valence-corrected chi connectivity index (χ4v) is 2.60. The van der Waals surface area contributed by atoms with Gasteiger partial charge in [0.1, 0.15) is 0 Å². The summed E-state index contributed by atoms with van der Waals surface area (Å²) in [4.78, 5) is 3.94. The van der Waals surface area contributed by atoms with Crippen LogP contribution in [0.5, 0.6) is 0 Å². The van der Waals surface area contributed by atoms with Crippen molar-refractivity contribution in [1.82, 2.24) is 10.2 Å². The number of hydrogen-bond acceptors (Lipinski definition) is 3. The average Bonchev–Trinajstić information content (AvgIpc) is 2.93. The summed E-state index contributed by atoms with van der Waals surface area (Å²) < 4.78 is 0. The molecule has 0 aliphatic heterocycles. The van der Waals surface area contributed by atoms with Gasteiger partial charge in [0.05, 0.1) is 0 Å². The zero-order valence-electron chi connectivity index (χ0n) is 10.1. The molecule has 2 nitrogen and oxygen atoms in total. The minimum atomic E-state index is 1.01. The number of thiophene rings is 1. The number of nitrogens with zero attached hydrogens (tertiary/aromatic N) is 1. The van der Waals surface area contributed by atoms with Crippen molar-refractivity contribution in [3.63, 3.8) is 0 Å². The molecule has 0 saturated heterocycles. The Morgan fingerprint density at radius 2 is 2.31 bits per heavy atom. The lowest BCUT2D eigenvalue weighted by Gasteiger charge is -2.16. The average molecular weight is 238 g/mol. The van der Waals surface area contributed by atoms with Gasteiger partial charge in [-0.1, -0.05) is 6.07 Å². The van der Waals surface area contributed by atoms with Gasteiger partial charge in [-0.25, -0.2) is 0 Å². The van der Waals surface area contributed by atoms with E-state index in [0.29, 0.717) is 0 Å². The van der Waals surface area contributed by atoms with E-state index in [0.717, 1.165) is 19.0 Å². The molecule has 1 saturated carbocycles. The van der Waals surface area contributed by atoms with E-state index < -0.39 is 0 Å². The van der Waals surface area contributed by atoms with Crippen molar-refractivity contribution in [3.8, 4) is 0 Å². The van der Waals surface area contributed by atoms with E-state index in [1.54, 1.807) is 0 Å². The zero-order chi connectivity index (χ0) is 11.2. The van der Waals surface area contributed by atoms with Crippen molar-refractivity contribution in [1.29, 1.82) is 0 Å². The Morgan fingerprint density at radius 3 is 3.00 bits per heavy atom. The van der Waals surface area contributed by atoms with Crippen LogP contribution >= 0.6 is 11.3 Å². The highest BCUT2D eigenvalue weighted by Gasteiger charge is 2.22. The van der Waals surface area contributed by atoms with Crippen molar-refractivity contribution in [2.45, 2.75) is 19.3 Å². The molecule has 3 heteroatoms. The predicted molar refractivity (Wildman–Crippen MR) is 71.1 cm³/mol. The number of likely N-dealkylation sites (N-methyl/N-ethyl adjacent to an activating group) is 1. The van der Waals surface area contributed by atoms with Crippen LogP contribution in [0.25, 0.3) is 0 Å². The third-order valence-electron chi connectivity index (χ3n) is 3.07. The van der Waals surface area contributed by atoms with Crippen LogP contribution in [-0.4, -0.2) is 38.1 Å². The number of nitrogens with one attached hydrogen (secondary N) is 1. The Hall–Kier alpha value is -0.380. The van der Waals surface area contributed by atoms with Crippen LogP contribution in [0.15, 0.2) is 17.5 Å². The molecule has 0 radical (unpaired) electrons. The molecule has 0 amide bonds. The zero-order valence-corrected chi connectivity index (χ0v) is 10.9. The molecule has 0 atom stereocenters. The van der Waals surface area contributed by atoms with Crippen molar-refractivity contribution in [3.05, 3.63) is 22.4 Å². The first-order valence-electron chi connectivity index (χ1n) is 6.26. The molecule has 0 spiro atoms. The van der Waals surface area contributed by atoms with Gasteiger partial charge in [0.2, 0.25) is 0 Å². The summed E-state index contributed by atoms with van der Waals surface area (Å²) in [7, 11) is 2.24. The maximum absolute atomic E-state index is 3.51. The van der Waals surface area contributed by atoms with E-state index in [-0.39, 0.29) is 0 Å². The first kappa shape index (κ1) is 12.1. The summed E-state index contributed by atoms with van der Waals surface area (Å²) in [6.45, 7) is 4.71. The van der Waals surface area contributed by atoms with Crippen molar-refractivity contribution >= 4 is 11.3 Å². The highest BCUT2D eigenvalue weighted by atomic mass is 32.1. The molecular formula is C13H22N2S. The third kappa shape index (κ3) is 4.64. The topological polar surface area (TPSA) is 15.3 Å². The second-order valence-electron chi connectivity index (χ2n) is 4.78. The Balaban J connectivity index is 1.45. The van der Waals surface area contributed by atoms with Gasteiger partial charge in [-0.05, 0) is 43.7 Å². The van der Waals surface area contributed by atoms with E-state index in [2.05, 4.69) is 34.8 Å². The largest absolute Gasteiger partial charge is 0.315 e. The summed E-state index contributed by atoms with van der Waals surface area (Å²) in [6.07, 6.45) is 4.08. The fourth-order valence-electron chi connectivity index (χ4n) is 1.89. The molecule has 1 aliphatic carbocycles. The maximum atomic E-state index is 3.51. The normalized spacial score (nSPS) is 15.9. The van der Waals surface area contributed by atoms with Crippen LogP contribution in [0, 0.1) is 5.92 Å². The molecule has 1 aromatic heterocycles.